The van der Waals surface area contributed by atoms with Gasteiger partial charge in [-0.25, -0.2) is 8.78 Å². The SMILES string of the molecule is CCn1nc(C)cc1C(=O)c1cccc(F)c1F. The monoisotopic (exact) mass is 250 g/mol. The van der Waals surface area contributed by atoms with Crippen molar-refractivity contribution < 1.29 is 13.6 Å². The van der Waals surface area contributed by atoms with Gasteiger partial charge in [-0.05, 0) is 32.0 Å². The van der Waals surface area contributed by atoms with Gasteiger partial charge in [-0.2, -0.15) is 5.10 Å². The fourth-order valence-electron chi connectivity index (χ4n) is 1.79. The third-order valence-electron chi connectivity index (χ3n) is 2.63. The molecular formula is C13H12F2N2O. The normalized spacial score (nSPS) is 10.7. The molecule has 0 saturated heterocycles. The highest BCUT2D eigenvalue weighted by Gasteiger charge is 2.20. The van der Waals surface area contributed by atoms with Crippen molar-refractivity contribution in [2.75, 3.05) is 0 Å². The van der Waals surface area contributed by atoms with Crippen molar-refractivity contribution >= 4 is 5.78 Å². The van der Waals surface area contributed by atoms with Crippen LogP contribution in [-0.2, 0) is 6.54 Å². The summed E-state index contributed by atoms with van der Waals surface area (Å²) in [7, 11) is 0. The first kappa shape index (κ1) is 12.4. The maximum absolute atomic E-state index is 13.6. The predicted molar refractivity (Wildman–Crippen MR) is 62.4 cm³/mol. The molecule has 1 aromatic carbocycles. The molecule has 0 aliphatic heterocycles. The highest BCUT2D eigenvalue weighted by Crippen LogP contribution is 2.16. The number of rotatable bonds is 3. The summed E-state index contributed by atoms with van der Waals surface area (Å²) in [4.78, 5) is 12.1. The van der Waals surface area contributed by atoms with E-state index in [1.165, 1.54) is 16.8 Å². The molecule has 2 rings (SSSR count). The van der Waals surface area contributed by atoms with E-state index < -0.39 is 17.4 Å². The molecule has 0 aliphatic carbocycles. The summed E-state index contributed by atoms with van der Waals surface area (Å²) in [6, 6.07) is 5.12. The van der Waals surface area contributed by atoms with Crippen LogP contribution in [0, 0.1) is 18.6 Å². The number of halogens is 2. The highest BCUT2D eigenvalue weighted by atomic mass is 19.2. The van der Waals surface area contributed by atoms with E-state index in [2.05, 4.69) is 5.10 Å². The van der Waals surface area contributed by atoms with E-state index in [9.17, 15) is 13.6 Å². The van der Waals surface area contributed by atoms with Gasteiger partial charge in [-0.3, -0.25) is 9.48 Å². The van der Waals surface area contributed by atoms with Crippen molar-refractivity contribution in [1.29, 1.82) is 0 Å². The van der Waals surface area contributed by atoms with Crippen LogP contribution < -0.4 is 0 Å². The summed E-state index contributed by atoms with van der Waals surface area (Å²) in [5, 5.41) is 4.11. The topological polar surface area (TPSA) is 34.9 Å². The molecule has 0 atom stereocenters. The number of hydrogen-bond acceptors (Lipinski definition) is 2. The van der Waals surface area contributed by atoms with Crippen LogP contribution >= 0.6 is 0 Å². The maximum Gasteiger partial charge on any atom is 0.214 e. The molecule has 0 N–H and O–H groups in total. The van der Waals surface area contributed by atoms with Gasteiger partial charge in [0.05, 0.1) is 11.3 Å². The first-order valence-corrected chi connectivity index (χ1v) is 5.57. The van der Waals surface area contributed by atoms with Gasteiger partial charge in [0.25, 0.3) is 0 Å². The van der Waals surface area contributed by atoms with Gasteiger partial charge in [0.2, 0.25) is 5.78 Å². The van der Waals surface area contributed by atoms with Crippen molar-refractivity contribution in [1.82, 2.24) is 9.78 Å². The lowest BCUT2D eigenvalue weighted by Gasteiger charge is -2.05. The van der Waals surface area contributed by atoms with Gasteiger partial charge in [0, 0.05) is 6.54 Å². The number of aryl methyl sites for hydroxylation is 2. The van der Waals surface area contributed by atoms with Crippen LogP contribution in [0.5, 0.6) is 0 Å². The van der Waals surface area contributed by atoms with E-state index in [0.717, 1.165) is 6.07 Å². The minimum atomic E-state index is -1.12. The Morgan fingerprint density at radius 2 is 2.11 bits per heavy atom. The molecule has 0 amide bonds. The molecule has 0 saturated carbocycles. The molecule has 2 aromatic rings. The zero-order valence-corrected chi connectivity index (χ0v) is 10.1. The molecule has 0 fully saturated rings. The van der Waals surface area contributed by atoms with Crippen LogP contribution in [0.3, 0.4) is 0 Å². The molecule has 1 heterocycles. The third-order valence-corrected chi connectivity index (χ3v) is 2.63. The quantitative estimate of drug-likeness (QED) is 0.785. The lowest BCUT2D eigenvalue weighted by atomic mass is 10.1. The summed E-state index contributed by atoms with van der Waals surface area (Å²) in [6.07, 6.45) is 0. The average molecular weight is 250 g/mol. The lowest BCUT2D eigenvalue weighted by Crippen LogP contribution is -2.12. The number of aromatic nitrogens is 2. The second-order valence-electron chi connectivity index (χ2n) is 3.92. The summed E-state index contributed by atoms with van der Waals surface area (Å²) >= 11 is 0. The van der Waals surface area contributed by atoms with Crippen LogP contribution in [0.4, 0.5) is 8.78 Å². The van der Waals surface area contributed by atoms with Crippen molar-refractivity contribution in [2.24, 2.45) is 0 Å². The van der Waals surface area contributed by atoms with Gasteiger partial charge in [0.15, 0.2) is 11.6 Å². The Hall–Kier alpha value is -2.04. The summed E-state index contributed by atoms with van der Waals surface area (Å²) in [5.41, 5.74) is 0.654. The molecule has 0 radical (unpaired) electrons. The van der Waals surface area contributed by atoms with Crippen molar-refractivity contribution in [3.8, 4) is 0 Å². The van der Waals surface area contributed by atoms with E-state index in [1.54, 1.807) is 13.0 Å². The average Bonchev–Trinajstić information content (AvgIpc) is 2.73. The number of carbonyl (C=O) groups excluding carboxylic acids is 1. The first-order valence-electron chi connectivity index (χ1n) is 5.57. The molecule has 0 spiro atoms. The zero-order chi connectivity index (χ0) is 13.3. The largest absolute Gasteiger partial charge is 0.287 e. The van der Waals surface area contributed by atoms with Crippen LogP contribution in [0.25, 0.3) is 0 Å². The highest BCUT2D eigenvalue weighted by molar-refractivity contribution is 6.08. The minimum Gasteiger partial charge on any atom is -0.287 e. The lowest BCUT2D eigenvalue weighted by molar-refractivity contribution is 0.102. The van der Waals surface area contributed by atoms with Crippen LogP contribution in [0.1, 0.15) is 28.7 Å². The van der Waals surface area contributed by atoms with Crippen molar-refractivity contribution in [3.63, 3.8) is 0 Å². The van der Waals surface area contributed by atoms with Gasteiger partial charge in [0.1, 0.15) is 5.69 Å². The number of benzene rings is 1. The van der Waals surface area contributed by atoms with E-state index in [4.69, 9.17) is 0 Å². The van der Waals surface area contributed by atoms with Gasteiger partial charge in [-0.15, -0.1) is 0 Å². The predicted octanol–water partition coefficient (Wildman–Crippen LogP) is 2.72. The van der Waals surface area contributed by atoms with Crippen LogP contribution in [-0.4, -0.2) is 15.6 Å². The molecular weight excluding hydrogens is 238 g/mol. The van der Waals surface area contributed by atoms with Crippen molar-refractivity contribution in [3.05, 3.63) is 52.9 Å². The number of ketones is 1. The standard InChI is InChI=1S/C13H12F2N2O/c1-3-17-11(7-8(2)16-17)13(18)9-5-4-6-10(14)12(9)15/h4-7H,3H2,1-2H3. The second kappa shape index (κ2) is 4.68. The van der Waals surface area contributed by atoms with Gasteiger partial charge in [-0.1, -0.05) is 6.07 Å². The Morgan fingerprint density at radius 1 is 1.39 bits per heavy atom. The summed E-state index contributed by atoms with van der Waals surface area (Å²) in [6.45, 7) is 4.06. The Bertz CT molecular complexity index is 605. The molecule has 3 nitrogen and oxygen atoms in total. The van der Waals surface area contributed by atoms with Crippen LogP contribution in [0.15, 0.2) is 24.3 Å². The summed E-state index contributed by atoms with van der Waals surface area (Å²) in [5.74, 6) is -2.71. The van der Waals surface area contributed by atoms with Crippen molar-refractivity contribution in [2.45, 2.75) is 20.4 Å². The molecule has 0 bridgehead atoms. The van der Waals surface area contributed by atoms with Gasteiger partial charge < -0.3 is 0 Å². The molecule has 0 unspecified atom stereocenters. The molecule has 5 heteroatoms. The Labute approximate surface area is 103 Å². The molecule has 94 valence electrons. The Balaban J connectivity index is 2.51. The zero-order valence-electron chi connectivity index (χ0n) is 10.1. The fourth-order valence-corrected chi connectivity index (χ4v) is 1.79. The van der Waals surface area contributed by atoms with E-state index >= 15 is 0 Å². The second-order valence-corrected chi connectivity index (χ2v) is 3.92. The fraction of sp³-hybridized carbons (Fsp3) is 0.231. The van der Waals surface area contributed by atoms with E-state index in [0.29, 0.717) is 12.2 Å². The Kier molecular flexibility index (Phi) is 3.23. The molecule has 18 heavy (non-hydrogen) atoms. The van der Waals surface area contributed by atoms with E-state index in [-0.39, 0.29) is 11.3 Å². The molecule has 1 aromatic heterocycles. The Morgan fingerprint density at radius 3 is 2.78 bits per heavy atom. The summed E-state index contributed by atoms with van der Waals surface area (Å²) < 4.78 is 28.1. The van der Waals surface area contributed by atoms with Crippen LogP contribution in [0.2, 0.25) is 0 Å². The number of nitrogens with zero attached hydrogens (tertiary/aromatic N) is 2. The molecule has 0 aliphatic rings. The van der Waals surface area contributed by atoms with Gasteiger partial charge >= 0.3 is 0 Å². The minimum absolute atomic E-state index is 0.263. The third kappa shape index (κ3) is 2.03. The maximum atomic E-state index is 13.6. The first-order chi connectivity index (χ1) is 8.54. The van der Waals surface area contributed by atoms with E-state index in [1.807, 2.05) is 6.92 Å². The smallest absolute Gasteiger partial charge is 0.214 e. The number of hydrogen-bond donors (Lipinski definition) is 0. The number of carbonyl (C=O) groups is 1.